The second-order valence-corrected chi connectivity index (χ2v) is 24.2. The van der Waals surface area contributed by atoms with Gasteiger partial charge in [-0.2, -0.15) is 0 Å². The van der Waals surface area contributed by atoms with Crippen molar-refractivity contribution in [2.45, 2.75) is 411 Å². The van der Waals surface area contributed by atoms with E-state index in [9.17, 15) is 19.8 Å². The molecule has 0 spiro atoms. The van der Waals surface area contributed by atoms with Crippen LogP contribution in [-0.2, 0) is 14.3 Å². The Bertz CT molecular complexity index is 1140. The second kappa shape index (κ2) is 66.1. The van der Waals surface area contributed by atoms with Crippen LogP contribution in [0.4, 0.5) is 0 Å². The first-order valence-corrected chi connectivity index (χ1v) is 34.9. The Balaban J connectivity index is 3.31. The SMILES string of the molecule is CCCC/C=C\CCCCCCCC(=O)OCCCCCCCCCCCCCCCCCCCCCCCCCCCCCCCCCCCC(=O)NC(CO)C(O)CCCCCCCCCCCCCCCCC. The number of aliphatic hydroxyl groups excluding tert-OH is 2. The van der Waals surface area contributed by atoms with Gasteiger partial charge in [-0.3, -0.25) is 9.59 Å². The predicted octanol–water partition coefficient (Wildman–Crippen LogP) is 22.4. The third-order valence-corrected chi connectivity index (χ3v) is 16.6. The molecule has 3 N–H and O–H groups in total. The summed E-state index contributed by atoms with van der Waals surface area (Å²) in [6, 6.07) is -0.536. The number of esters is 1. The van der Waals surface area contributed by atoms with Gasteiger partial charge in [0, 0.05) is 12.8 Å². The molecule has 0 heterocycles. The van der Waals surface area contributed by atoms with Gasteiger partial charge in [0.05, 0.1) is 25.4 Å². The Hall–Kier alpha value is -1.40. The number of hydrogen-bond donors (Lipinski definition) is 3. The van der Waals surface area contributed by atoms with Gasteiger partial charge in [-0.1, -0.05) is 353 Å². The molecule has 0 aromatic rings. The van der Waals surface area contributed by atoms with Crippen molar-refractivity contribution in [3.8, 4) is 0 Å². The van der Waals surface area contributed by atoms with E-state index in [0.717, 1.165) is 44.9 Å². The number of carbonyl (C=O) groups is 2. The van der Waals surface area contributed by atoms with Crippen molar-refractivity contribution in [2.24, 2.45) is 0 Å². The maximum atomic E-state index is 12.5. The fourth-order valence-corrected chi connectivity index (χ4v) is 11.2. The highest BCUT2D eigenvalue weighted by atomic mass is 16.5. The van der Waals surface area contributed by atoms with E-state index >= 15 is 0 Å². The normalized spacial score (nSPS) is 12.5. The minimum absolute atomic E-state index is 0.0112. The summed E-state index contributed by atoms with van der Waals surface area (Å²) in [4.78, 5) is 24.5. The van der Waals surface area contributed by atoms with Gasteiger partial charge >= 0.3 is 5.97 Å². The van der Waals surface area contributed by atoms with E-state index in [-0.39, 0.29) is 18.5 Å². The zero-order chi connectivity index (χ0) is 55.0. The summed E-state index contributed by atoms with van der Waals surface area (Å²) >= 11 is 0. The number of allylic oxidation sites excluding steroid dienone is 2. The molecule has 0 aliphatic heterocycles. The quantitative estimate of drug-likeness (QED) is 0.0320. The van der Waals surface area contributed by atoms with Crippen LogP contribution in [-0.4, -0.2) is 47.4 Å². The lowest BCUT2D eigenvalue weighted by Gasteiger charge is -2.22. The molecule has 0 aliphatic rings. The summed E-state index contributed by atoms with van der Waals surface area (Å²) in [7, 11) is 0. The van der Waals surface area contributed by atoms with E-state index in [1.54, 1.807) is 0 Å². The molecule has 0 aromatic carbocycles. The van der Waals surface area contributed by atoms with E-state index in [1.807, 2.05) is 0 Å². The van der Waals surface area contributed by atoms with Crippen molar-refractivity contribution in [1.82, 2.24) is 5.32 Å². The number of rotatable bonds is 66. The molecule has 0 saturated carbocycles. The average molecular weight is 1070 g/mol. The molecule has 2 unspecified atom stereocenters. The van der Waals surface area contributed by atoms with Crippen LogP contribution in [0.25, 0.3) is 0 Å². The first-order chi connectivity index (χ1) is 37.5. The van der Waals surface area contributed by atoms with Crippen LogP contribution in [0.2, 0.25) is 0 Å². The molecule has 0 radical (unpaired) electrons. The fourth-order valence-electron chi connectivity index (χ4n) is 11.2. The van der Waals surface area contributed by atoms with Crippen molar-refractivity contribution >= 4 is 11.9 Å². The van der Waals surface area contributed by atoms with E-state index in [1.165, 1.54) is 321 Å². The predicted molar refractivity (Wildman–Crippen MR) is 333 cm³/mol. The largest absolute Gasteiger partial charge is 0.466 e. The average Bonchev–Trinajstić information content (AvgIpc) is 3.42. The maximum Gasteiger partial charge on any atom is 0.305 e. The van der Waals surface area contributed by atoms with Crippen LogP contribution in [0.1, 0.15) is 399 Å². The Kier molecular flexibility index (Phi) is 64.9. The molecular weight excluding hydrogens is 935 g/mol. The summed E-state index contributed by atoms with van der Waals surface area (Å²) in [6.45, 7) is 4.95. The number of hydrogen-bond acceptors (Lipinski definition) is 5. The molecule has 1 amide bonds. The van der Waals surface area contributed by atoms with E-state index in [4.69, 9.17) is 4.74 Å². The molecule has 2 atom stereocenters. The molecule has 0 rings (SSSR count). The molecular formula is C70H137NO5. The van der Waals surface area contributed by atoms with Gasteiger partial charge in [0.15, 0.2) is 0 Å². The van der Waals surface area contributed by atoms with Crippen molar-refractivity contribution in [3.63, 3.8) is 0 Å². The van der Waals surface area contributed by atoms with Gasteiger partial charge in [0.2, 0.25) is 5.91 Å². The zero-order valence-electron chi connectivity index (χ0n) is 51.8. The lowest BCUT2D eigenvalue weighted by Crippen LogP contribution is -2.45. The molecule has 0 fully saturated rings. The summed E-state index contributed by atoms with van der Waals surface area (Å²) in [5.41, 5.74) is 0. The third kappa shape index (κ3) is 61.8. The fraction of sp³-hybridized carbons (Fsp3) is 0.943. The molecule has 6 heteroatoms. The molecule has 0 bridgehead atoms. The van der Waals surface area contributed by atoms with Crippen LogP contribution >= 0.6 is 0 Å². The van der Waals surface area contributed by atoms with E-state index in [2.05, 4.69) is 31.3 Å². The minimum atomic E-state index is -0.660. The molecule has 6 nitrogen and oxygen atoms in total. The number of carbonyl (C=O) groups excluding carboxylic acids is 2. The first kappa shape index (κ1) is 74.6. The van der Waals surface area contributed by atoms with Crippen molar-refractivity contribution in [1.29, 1.82) is 0 Å². The lowest BCUT2D eigenvalue weighted by atomic mass is 10.0. The van der Waals surface area contributed by atoms with Crippen LogP contribution in [0.15, 0.2) is 12.2 Å². The highest BCUT2D eigenvalue weighted by Gasteiger charge is 2.20. The summed E-state index contributed by atoms with van der Waals surface area (Å²) in [5.74, 6) is -0.0157. The van der Waals surface area contributed by atoms with Gasteiger partial charge in [0.1, 0.15) is 0 Å². The van der Waals surface area contributed by atoms with Gasteiger partial charge in [0.25, 0.3) is 0 Å². The molecule has 452 valence electrons. The Morgan fingerprint density at radius 3 is 0.974 bits per heavy atom. The van der Waals surface area contributed by atoms with Crippen LogP contribution in [0.5, 0.6) is 0 Å². The van der Waals surface area contributed by atoms with E-state index < -0.39 is 12.1 Å². The second-order valence-electron chi connectivity index (χ2n) is 24.2. The van der Waals surface area contributed by atoms with Gasteiger partial charge in [-0.15, -0.1) is 0 Å². The summed E-state index contributed by atoms with van der Waals surface area (Å²) in [5, 5.41) is 23.3. The summed E-state index contributed by atoms with van der Waals surface area (Å²) < 4.78 is 5.47. The topological polar surface area (TPSA) is 95.9 Å². The Morgan fingerprint density at radius 1 is 0.355 bits per heavy atom. The first-order valence-electron chi connectivity index (χ1n) is 34.9. The van der Waals surface area contributed by atoms with Crippen LogP contribution < -0.4 is 5.32 Å². The number of amides is 1. The smallest absolute Gasteiger partial charge is 0.305 e. The number of nitrogens with one attached hydrogen (secondary N) is 1. The van der Waals surface area contributed by atoms with Gasteiger partial charge in [-0.25, -0.2) is 0 Å². The molecule has 0 aliphatic carbocycles. The zero-order valence-corrected chi connectivity index (χ0v) is 51.8. The molecule has 0 saturated heterocycles. The number of unbranched alkanes of at least 4 members (excludes halogenated alkanes) is 53. The van der Waals surface area contributed by atoms with Gasteiger partial charge in [-0.05, 0) is 44.9 Å². The monoisotopic (exact) mass is 1070 g/mol. The minimum Gasteiger partial charge on any atom is -0.466 e. The Morgan fingerprint density at radius 2 is 0.632 bits per heavy atom. The van der Waals surface area contributed by atoms with Gasteiger partial charge < -0.3 is 20.3 Å². The third-order valence-electron chi connectivity index (χ3n) is 16.6. The van der Waals surface area contributed by atoms with Crippen molar-refractivity contribution in [2.75, 3.05) is 13.2 Å². The molecule has 76 heavy (non-hydrogen) atoms. The van der Waals surface area contributed by atoms with Crippen molar-refractivity contribution in [3.05, 3.63) is 12.2 Å². The van der Waals surface area contributed by atoms with Crippen molar-refractivity contribution < 1.29 is 24.5 Å². The highest BCUT2D eigenvalue weighted by Crippen LogP contribution is 2.19. The number of aliphatic hydroxyl groups is 2. The lowest BCUT2D eigenvalue weighted by molar-refractivity contribution is -0.143. The van der Waals surface area contributed by atoms with E-state index in [0.29, 0.717) is 25.9 Å². The Labute approximate surface area is 476 Å². The molecule has 0 aromatic heterocycles. The maximum absolute atomic E-state index is 12.5. The van der Waals surface area contributed by atoms with Crippen LogP contribution in [0, 0.1) is 0 Å². The van der Waals surface area contributed by atoms with Crippen LogP contribution in [0.3, 0.4) is 0 Å². The summed E-state index contributed by atoms with van der Waals surface area (Å²) in [6.07, 6.45) is 81.3. The standard InChI is InChI=1S/C70H137NO5/c1-3-5-7-9-11-13-15-16-36-39-43-46-50-54-58-62-68(73)67(66-72)71-69(74)63-59-55-51-47-44-40-37-34-32-30-28-26-24-22-20-18-17-19-21-23-25-27-29-31-33-35-38-41-45-49-53-57-61-65-76-70(75)64-60-56-52-48-42-14-12-10-8-6-4-2/h10,12,67-68,72-73H,3-9,11,13-66H2,1-2H3,(H,71,74)/b12-10-. The number of ether oxygens (including phenoxy) is 1. The highest BCUT2D eigenvalue weighted by molar-refractivity contribution is 5.76.